The highest BCUT2D eigenvalue weighted by molar-refractivity contribution is 5.93. The number of methoxy groups -OCH3 is 1. The summed E-state index contributed by atoms with van der Waals surface area (Å²) in [5.41, 5.74) is 8.87. The van der Waals surface area contributed by atoms with E-state index in [1.165, 1.54) is 0 Å². The molecule has 6 nitrogen and oxygen atoms in total. The fourth-order valence-electron chi connectivity index (χ4n) is 4.44. The van der Waals surface area contributed by atoms with Crippen LogP contribution in [0.5, 0.6) is 5.75 Å². The smallest absolute Gasteiger partial charge is 0.243 e. The molecule has 0 atom stereocenters. The van der Waals surface area contributed by atoms with E-state index in [0.29, 0.717) is 25.7 Å². The van der Waals surface area contributed by atoms with Gasteiger partial charge in [-0.15, -0.1) is 0 Å². The summed E-state index contributed by atoms with van der Waals surface area (Å²) in [4.78, 5) is 28.2. The number of aromatic amines is 1. The minimum Gasteiger partial charge on any atom is -0.497 e. The molecule has 0 unspecified atom stereocenters. The van der Waals surface area contributed by atoms with Gasteiger partial charge in [0.05, 0.1) is 7.11 Å². The third-order valence-corrected chi connectivity index (χ3v) is 6.10. The Kier molecular flexibility index (Phi) is 5.48. The molecule has 156 valence electrons. The molecular formula is C24H27N3O3. The van der Waals surface area contributed by atoms with Gasteiger partial charge in [0, 0.05) is 23.0 Å². The molecule has 0 spiro atoms. The number of hydrogen-bond donors (Lipinski definition) is 3. The van der Waals surface area contributed by atoms with Gasteiger partial charge in [-0.05, 0) is 60.7 Å². The standard InChI is InChI=1S/C24H27N3O3/c1-30-17-10-8-16(9-11-17)22-19(18-6-2-3-7-20(18)26-22)12-13-21(28)27-24(23(25)29)14-4-5-15-24/h2-3,6-11,26H,4-5,12-15H2,1H3,(H2,25,29)(H,27,28). The first kappa shape index (κ1) is 20.0. The first-order valence-electron chi connectivity index (χ1n) is 10.4. The molecule has 1 heterocycles. The van der Waals surface area contributed by atoms with Crippen molar-refractivity contribution in [1.29, 1.82) is 0 Å². The lowest BCUT2D eigenvalue weighted by atomic mass is 9.95. The van der Waals surface area contributed by atoms with Crippen LogP contribution >= 0.6 is 0 Å². The second kappa shape index (κ2) is 8.22. The van der Waals surface area contributed by atoms with Gasteiger partial charge in [0.25, 0.3) is 0 Å². The number of rotatable bonds is 7. The number of carbonyl (C=O) groups is 2. The zero-order valence-electron chi connectivity index (χ0n) is 17.2. The highest BCUT2D eigenvalue weighted by Crippen LogP contribution is 2.33. The summed E-state index contributed by atoms with van der Waals surface area (Å²) in [6, 6.07) is 16.0. The highest BCUT2D eigenvalue weighted by atomic mass is 16.5. The number of nitrogens with one attached hydrogen (secondary N) is 2. The molecule has 2 aromatic carbocycles. The molecule has 0 aliphatic heterocycles. The minimum atomic E-state index is -0.879. The van der Waals surface area contributed by atoms with Crippen molar-refractivity contribution in [3.63, 3.8) is 0 Å². The van der Waals surface area contributed by atoms with Gasteiger partial charge >= 0.3 is 0 Å². The molecule has 2 amide bonds. The Hall–Kier alpha value is -3.28. The van der Waals surface area contributed by atoms with Gasteiger partial charge in [0.1, 0.15) is 11.3 Å². The predicted molar refractivity (Wildman–Crippen MR) is 117 cm³/mol. The van der Waals surface area contributed by atoms with Crippen molar-refractivity contribution in [1.82, 2.24) is 10.3 Å². The Labute approximate surface area is 175 Å². The second-order valence-electron chi connectivity index (χ2n) is 7.95. The van der Waals surface area contributed by atoms with Crippen LogP contribution < -0.4 is 15.8 Å². The molecule has 0 saturated heterocycles. The number of ether oxygens (including phenoxy) is 1. The molecule has 1 aromatic heterocycles. The van der Waals surface area contributed by atoms with E-state index < -0.39 is 11.4 Å². The maximum Gasteiger partial charge on any atom is 0.243 e. The first-order valence-corrected chi connectivity index (χ1v) is 10.4. The lowest BCUT2D eigenvalue weighted by Crippen LogP contribution is -2.55. The Morgan fingerprint density at radius 3 is 2.47 bits per heavy atom. The minimum absolute atomic E-state index is 0.137. The molecule has 6 heteroatoms. The van der Waals surface area contributed by atoms with Crippen molar-refractivity contribution >= 4 is 22.7 Å². The summed E-state index contributed by atoms with van der Waals surface area (Å²) in [7, 11) is 1.64. The number of nitrogens with two attached hydrogens (primary N) is 1. The van der Waals surface area contributed by atoms with Gasteiger partial charge in [-0.3, -0.25) is 9.59 Å². The number of benzene rings is 2. The molecular weight excluding hydrogens is 378 g/mol. The topological polar surface area (TPSA) is 97.2 Å². The van der Waals surface area contributed by atoms with E-state index >= 15 is 0 Å². The number of carbonyl (C=O) groups excluding carboxylic acids is 2. The first-order chi connectivity index (χ1) is 14.5. The molecule has 0 radical (unpaired) electrons. The number of hydrogen-bond acceptors (Lipinski definition) is 3. The lowest BCUT2D eigenvalue weighted by Gasteiger charge is -2.26. The van der Waals surface area contributed by atoms with Crippen LogP contribution in [0, 0.1) is 0 Å². The average molecular weight is 405 g/mol. The molecule has 30 heavy (non-hydrogen) atoms. The summed E-state index contributed by atoms with van der Waals surface area (Å²) in [5.74, 6) is 0.227. The van der Waals surface area contributed by atoms with Crippen LogP contribution in [-0.2, 0) is 16.0 Å². The van der Waals surface area contributed by atoms with Crippen LogP contribution in [0.25, 0.3) is 22.2 Å². The Morgan fingerprint density at radius 1 is 1.10 bits per heavy atom. The average Bonchev–Trinajstić information content (AvgIpc) is 3.38. The monoisotopic (exact) mass is 405 g/mol. The number of amides is 2. The molecule has 1 saturated carbocycles. The number of H-pyrrole nitrogens is 1. The molecule has 1 aliphatic carbocycles. The van der Waals surface area contributed by atoms with Crippen molar-refractivity contribution in [3.8, 4) is 17.0 Å². The van der Waals surface area contributed by atoms with Gasteiger partial charge in [0.15, 0.2) is 0 Å². The van der Waals surface area contributed by atoms with E-state index in [0.717, 1.165) is 46.3 Å². The van der Waals surface area contributed by atoms with E-state index in [9.17, 15) is 9.59 Å². The maximum absolute atomic E-state index is 12.7. The molecule has 1 aliphatic rings. The molecule has 0 bridgehead atoms. The number of aryl methyl sites for hydroxylation is 1. The normalized spacial score (nSPS) is 15.2. The van der Waals surface area contributed by atoms with Gasteiger partial charge < -0.3 is 20.8 Å². The van der Waals surface area contributed by atoms with E-state index in [-0.39, 0.29) is 5.91 Å². The third-order valence-electron chi connectivity index (χ3n) is 6.10. The van der Waals surface area contributed by atoms with Crippen LogP contribution in [0.4, 0.5) is 0 Å². The SMILES string of the molecule is COc1ccc(-c2[nH]c3ccccc3c2CCC(=O)NC2(C(N)=O)CCCC2)cc1. The van der Waals surface area contributed by atoms with Crippen molar-refractivity contribution in [2.45, 2.75) is 44.1 Å². The van der Waals surface area contributed by atoms with Gasteiger partial charge in [-0.25, -0.2) is 0 Å². The van der Waals surface area contributed by atoms with E-state index in [1.807, 2.05) is 42.5 Å². The molecule has 4 N–H and O–H groups in total. The zero-order chi connectivity index (χ0) is 21.1. The molecule has 1 fully saturated rings. The number of primary amides is 1. The van der Waals surface area contributed by atoms with Crippen molar-refractivity contribution in [2.24, 2.45) is 5.73 Å². The van der Waals surface area contributed by atoms with Crippen molar-refractivity contribution in [2.75, 3.05) is 7.11 Å². The Morgan fingerprint density at radius 2 is 1.80 bits per heavy atom. The highest BCUT2D eigenvalue weighted by Gasteiger charge is 2.40. The fraction of sp³-hybridized carbons (Fsp3) is 0.333. The Balaban J connectivity index is 1.58. The lowest BCUT2D eigenvalue weighted by molar-refractivity contribution is -0.131. The summed E-state index contributed by atoms with van der Waals surface area (Å²) in [5, 5.41) is 4.04. The maximum atomic E-state index is 12.7. The van der Waals surface area contributed by atoms with Gasteiger partial charge in [0.2, 0.25) is 11.8 Å². The Bertz CT molecular complexity index is 1060. The van der Waals surface area contributed by atoms with E-state index in [4.69, 9.17) is 10.5 Å². The summed E-state index contributed by atoms with van der Waals surface area (Å²) in [6.07, 6.45) is 3.92. The number of fused-ring (bicyclic) bond motifs is 1. The van der Waals surface area contributed by atoms with Crippen LogP contribution in [0.1, 0.15) is 37.7 Å². The number of aromatic nitrogens is 1. The van der Waals surface area contributed by atoms with Crippen molar-refractivity contribution < 1.29 is 14.3 Å². The summed E-state index contributed by atoms with van der Waals surface area (Å²) in [6.45, 7) is 0. The summed E-state index contributed by atoms with van der Waals surface area (Å²) < 4.78 is 5.26. The largest absolute Gasteiger partial charge is 0.497 e. The van der Waals surface area contributed by atoms with Crippen molar-refractivity contribution in [3.05, 3.63) is 54.1 Å². The molecule has 4 rings (SSSR count). The van der Waals surface area contributed by atoms with Gasteiger partial charge in [-0.1, -0.05) is 31.0 Å². The van der Waals surface area contributed by atoms with Crippen LogP contribution in [0.15, 0.2) is 48.5 Å². The van der Waals surface area contributed by atoms with Crippen LogP contribution in [-0.4, -0.2) is 29.4 Å². The fourth-order valence-corrected chi connectivity index (χ4v) is 4.44. The predicted octanol–water partition coefficient (Wildman–Crippen LogP) is 3.69. The zero-order valence-corrected chi connectivity index (χ0v) is 17.2. The van der Waals surface area contributed by atoms with Crippen LogP contribution in [0.3, 0.4) is 0 Å². The second-order valence-corrected chi connectivity index (χ2v) is 7.95. The summed E-state index contributed by atoms with van der Waals surface area (Å²) >= 11 is 0. The van der Waals surface area contributed by atoms with E-state index in [1.54, 1.807) is 7.11 Å². The van der Waals surface area contributed by atoms with E-state index in [2.05, 4.69) is 16.4 Å². The van der Waals surface area contributed by atoms with Crippen LogP contribution in [0.2, 0.25) is 0 Å². The molecule has 3 aromatic rings. The number of para-hydroxylation sites is 1. The third kappa shape index (κ3) is 3.77. The quantitative estimate of drug-likeness (QED) is 0.559. The van der Waals surface area contributed by atoms with Gasteiger partial charge in [-0.2, -0.15) is 0 Å².